The summed E-state index contributed by atoms with van der Waals surface area (Å²) in [7, 11) is 0. The van der Waals surface area contributed by atoms with Gasteiger partial charge in [-0.3, -0.25) is 4.79 Å². The Labute approximate surface area is 108 Å². The van der Waals surface area contributed by atoms with Gasteiger partial charge in [0.2, 0.25) is 0 Å². The number of carboxylic acid groups (broad SMARTS) is 1. The van der Waals surface area contributed by atoms with Gasteiger partial charge in [0, 0.05) is 6.04 Å². The number of ether oxygens (including phenoxy) is 2. The van der Waals surface area contributed by atoms with Crippen molar-refractivity contribution in [1.29, 1.82) is 0 Å². The number of hydrogen-bond acceptors (Lipinski definition) is 4. The van der Waals surface area contributed by atoms with Gasteiger partial charge in [0.1, 0.15) is 0 Å². The number of nitrogens with two attached hydrogens (primary N) is 1. The molecule has 0 aliphatic rings. The van der Waals surface area contributed by atoms with E-state index in [9.17, 15) is 13.6 Å². The molecule has 1 rings (SSSR count). The summed E-state index contributed by atoms with van der Waals surface area (Å²) in [4.78, 5) is 10.6. The Hall–Kier alpha value is -1.89. The molecule has 1 aromatic rings. The van der Waals surface area contributed by atoms with Crippen LogP contribution in [0.3, 0.4) is 0 Å². The van der Waals surface area contributed by atoms with Gasteiger partial charge in [0.25, 0.3) is 0 Å². The lowest BCUT2D eigenvalue weighted by Crippen LogP contribution is -2.15. The van der Waals surface area contributed by atoms with Crippen LogP contribution in [0.2, 0.25) is 0 Å². The van der Waals surface area contributed by atoms with E-state index in [0.717, 1.165) is 0 Å². The molecule has 0 spiro atoms. The van der Waals surface area contributed by atoms with E-state index < -0.39 is 18.6 Å². The zero-order chi connectivity index (χ0) is 14.4. The Morgan fingerprint density at radius 3 is 2.63 bits per heavy atom. The van der Waals surface area contributed by atoms with Crippen molar-refractivity contribution in [2.45, 2.75) is 26.0 Å². The Kier molecular flexibility index (Phi) is 5.50. The summed E-state index contributed by atoms with van der Waals surface area (Å²) in [6.45, 7) is -1.01. The Morgan fingerprint density at radius 1 is 1.42 bits per heavy atom. The molecule has 5 nitrogen and oxygen atoms in total. The maximum atomic E-state index is 12.2. The fourth-order valence-electron chi connectivity index (χ4n) is 1.52. The summed E-state index contributed by atoms with van der Waals surface area (Å²) < 4.78 is 33.9. The zero-order valence-corrected chi connectivity index (χ0v) is 10.3. The minimum atomic E-state index is -2.96. The molecule has 0 bridgehead atoms. The highest BCUT2D eigenvalue weighted by atomic mass is 19.3. The highest BCUT2D eigenvalue weighted by molar-refractivity contribution is 5.68. The van der Waals surface area contributed by atoms with Crippen LogP contribution in [0.25, 0.3) is 0 Å². The lowest BCUT2D eigenvalue weighted by Gasteiger charge is -2.15. The predicted molar refractivity (Wildman–Crippen MR) is 63.4 cm³/mol. The molecule has 7 heteroatoms. The summed E-state index contributed by atoms with van der Waals surface area (Å²) in [5, 5.41) is 8.66. The molecule has 0 heterocycles. The van der Waals surface area contributed by atoms with Crippen molar-refractivity contribution in [3.63, 3.8) is 0 Å². The van der Waals surface area contributed by atoms with Crippen LogP contribution in [0, 0.1) is 0 Å². The summed E-state index contributed by atoms with van der Waals surface area (Å²) in [5.41, 5.74) is 6.17. The molecular weight excluding hydrogens is 260 g/mol. The lowest BCUT2D eigenvalue weighted by molar-refractivity contribution is -0.137. The van der Waals surface area contributed by atoms with E-state index in [4.69, 9.17) is 15.6 Å². The molecule has 3 N–H and O–H groups in total. The van der Waals surface area contributed by atoms with E-state index >= 15 is 0 Å². The SMILES string of the molecule is CCOc1cc([C@@H](N)CC(=O)O)ccc1OC(F)F. The molecule has 0 fully saturated rings. The summed E-state index contributed by atoms with van der Waals surface area (Å²) in [6, 6.07) is 3.40. The van der Waals surface area contributed by atoms with Crippen LogP contribution in [-0.2, 0) is 4.79 Å². The van der Waals surface area contributed by atoms with E-state index in [1.807, 2.05) is 0 Å². The summed E-state index contributed by atoms with van der Waals surface area (Å²) in [6.07, 6.45) is -0.263. The summed E-state index contributed by atoms with van der Waals surface area (Å²) >= 11 is 0. The number of carboxylic acids is 1. The second-order valence-corrected chi connectivity index (χ2v) is 3.72. The average molecular weight is 275 g/mol. The number of rotatable bonds is 7. The van der Waals surface area contributed by atoms with E-state index in [2.05, 4.69) is 4.74 Å². The van der Waals surface area contributed by atoms with Crippen LogP contribution in [0.15, 0.2) is 18.2 Å². The van der Waals surface area contributed by atoms with Gasteiger partial charge in [-0.1, -0.05) is 6.07 Å². The second kappa shape index (κ2) is 6.89. The molecule has 0 saturated carbocycles. The standard InChI is InChI=1S/C12H15F2NO4/c1-2-18-10-5-7(8(15)6-11(16)17)3-4-9(10)19-12(13)14/h3-5,8,12H,2,6,15H2,1H3,(H,16,17)/t8-/m0/s1. The second-order valence-electron chi connectivity index (χ2n) is 3.72. The van der Waals surface area contributed by atoms with Crippen molar-refractivity contribution in [2.75, 3.05) is 6.61 Å². The molecule has 19 heavy (non-hydrogen) atoms. The van der Waals surface area contributed by atoms with Gasteiger partial charge in [0.05, 0.1) is 13.0 Å². The first-order chi connectivity index (χ1) is 8.93. The normalized spacial score (nSPS) is 12.3. The molecule has 0 aliphatic heterocycles. The molecule has 0 unspecified atom stereocenters. The smallest absolute Gasteiger partial charge is 0.387 e. The largest absolute Gasteiger partial charge is 0.490 e. The van der Waals surface area contributed by atoms with Crippen LogP contribution in [0.4, 0.5) is 8.78 Å². The number of alkyl halides is 2. The molecule has 106 valence electrons. The van der Waals surface area contributed by atoms with Crippen LogP contribution < -0.4 is 15.2 Å². The van der Waals surface area contributed by atoms with Gasteiger partial charge in [-0.15, -0.1) is 0 Å². The van der Waals surface area contributed by atoms with Crippen LogP contribution >= 0.6 is 0 Å². The Morgan fingerprint density at radius 2 is 2.11 bits per heavy atom. The average Bonchev–Trinajstić information content (AvgIpc) is 2.30. The monoisotopic (exact) mass is 275 g/mol. The first kappa shape index (κ1) is 15.2. The molecule has 0 saturated heterocycles. The molecule has 0 amide bonds. The lowest BCUT2D eigenvalue weighted by atomic mass is 10.0. The molecule has 1 aromatic carbocycles. The number of benzene rings is 1. The minimum absolute atomic E-state index is 0.108. The third-order valence-electron chi connectivity index (χ3n) is 2.31. The number of carbonyl (C=O) groups is 1. The third kappa shape index (κ3) is 4.70. The summed E-state index contributed by atoms with van der Waals surface area (Å²) in [5.74, 6) is -1.04. The van der Waals surface area contributed by atoms with Gasteiger partial charge < -0.3 is 20.3 Å². The topological polar surface area (TPSA) is 81.8 Å². The van der Waals surface area contributed by atoms with Gasteiger partial charge in [-0.05, 0) is 24.6 Å². The van der Waals surface area contributed by atoms with Crippen molar-refractivity contribution < 1.29 is 28.2 Å². The van der Waals surface area contributed by atoms with Crippen LogP contribution in [0.1, 0.15) is 24.9 Å². The molecule has 0 aliphatic carbocycles. The van der Waals surface area contributed by atoms with Crippen LogP contribution in [0.5, 0.6) is 11.5 Å². The van der Waals surface area contributed by atoms with Crippen molar-refractivity contribution in [3.8, 4) is 11.5 Å². The first-order valence-electron chi connectivity index (χ1n) is 5.63. The maximum absolute atomic E-state index is 12.2. The first-order valence-corrected chi connectivity index (χ1v) is 5.63. The fourth-order valence-corrected chi connectivity index (χ4v) is 1.52. The van der Waals surface area contributed by atoms with Gasteiger partial charge in [0.15, 0.2) is 11.5 Å². The fraction of sp³-hybridized carbons (Fsp3) is 0.417. The zero-order valence-electron chi connectivity index (χ0n) is 10.3. The number of halogens is 2. The van der Waals surface area contributed by atoms with Crippen molar-refractivity contribution in [3.05, 3.63) is 23.8 Å². The van der Waals surface area contributed by atoms with Crippen molar-refractivity contribution in [2.24, 2.45) is 5.73 Å². The highest BCUT2D eigenvalue weighted by Crippen LogP contribution is 2.32. The Balaban J connectivity index is 2.97. The van der Waals surface area contributed by atoms with E-state index in [-0.39, 0.29) is 24.5 Å². The molecular formula is C12H15F2NO4. The number of hydrogen-bond donors (Lipinski definition) is 2. The molecule has 0 radical (unpaired) electrons. The van der Waals surface area contributed by atoms with Crippen LogP contribution in [-0.4, -0.2) is 24.3 Å². The van der Waals surface area contributed by atoms with E-state index in [1.165, 1.54) is 18.2 Å². The molecule has 0 aromatic heterocycles. The highest BCUT2D eigenvalue weighted by Gasteiger charge is 2.16. The van der Waals surface area contributed by atoms with E-state index in [0.29, 0.717) is 5.56 Å². The third-order valence-corrected chi connectivity index (χ3v) is 2.31. The minimum Gasteiger partial charge on any atom is -0.490 e. The quantitative estimate of drug-likeness (QED) is 0.797. The Bertz CT molecular complexity index is 440. The maximum Gasteiger partial charge on any atom is 0.387 e. The predicted octanol–water partition coefficient (Wildman–Crippen LogP) is 2.16. The number of aliphatic carboxylic acids is 1. The van der Waals surface area contributed by atoms with E-state index in [1.54, 1.807) is 6.92 Å². The van der Waals surface area contributed by atoms with Gasteiger partial charge in [-0.2, -0.15) is 8.78 Å². The molecule has 1 atom stereocenters. The van der Waals surface area contributed by atoms with Gasteiger partial charge in [-0.25, -0.2) is 0 Å². The van der Waals surface area contributed by atoms with Crippen molar-refractivity contribution >= 4 is 5.97 Å². The van der Waals surface area contributed by atoms with Gasteiger partial charge >= 0.3 is 12.6 Å². The van der Waals surface area contributed by atoms with Crippen molar-refractivity contribution in [1.82, 2.24) is 0 Å².